The summed E-state index contributed by atoms with van der Waals surface area (Å²) < 4.78 is 5.61. The van der Waals surface area contributed by atoms with Gasteiger partial charge in [-0.2, -0.15) is 0 Å². The molecule has 210 valence electrons. The molecule has 0 aromatic rings. The van der Waals surface area contributed by atoms with Crippen LogP contribution in [-0.2, 0) is 14.3 Å². The van der Waals surface area contributed by atoms with Crippen molar-refractivity contribution in [2.24, 2.45) is 28.6 Å². The molecule has 0 aromatic heterocycles. The first-order valence-electron chi connectivity index (χ1n) is 13.8. The van der Waals surface area contributed by atoms with Crippen LogP contribution in [0.1, 0.15) is 92.9 Å². The van der Waals surface area contributed by atoms with E-state index in [1.165, 1.54) is 6.92 Å². The molecule has 0 saturated heterocycles. The van der Waals surface area contributed by atoms with Gasteiger partial charge in [0.15, 0.2) is 5.78 Å². The van der Waals surface area contributed by atoms with Gasteiger partial charge in [0.1, 0.15) is 11.7 Å². The smallest absolute Gasteiger partial charge is 0.303 e. The molecule has 8 nitrogen and oxygen atoms in total. The monoisotopic (exact) mass is 522 g/mol. The van der Waals surface area contributed by atoms with Crippen LogP contribution >= 0.6 is 0 Å². The molecule has 10 atom stereocenters. The number of esters is 1. The molecule has 4 rings (SSSR count). The largest absolute Gasteiger partial charge is 0.459 e. The SMILES string of the molecule is CC(=O)OC(CCC(C)(C)O)[C@](C)(O)C1CC[C@@]2(O)C3=CC(=O)C4CC(O)C(O)C[C@]4(C)C3CC[C@]12C. The number of allylic oxidation sites excluding steroid dienone is 1. The Hall–Kier alpha value is -1.32. The number of aliphatic hydroxyl groups is 5. The summed E-state index contributed by atoms with van der Waals surface area (Å²) in [7, 11) is 0. The van der Waals surface area contributed by atoms with Crippen molar-refractivity contribution in [3.05, 3.63) is 11.6 Å². The van der Waals surface area contributed by atoms with Crippen molar-refractivity contribution in [1.82, 2.24) is 0 Å². The summed E-state index contributed by atoms with van der Waals surface area (Å²) in [5.74, 6) is -1.56. The van der Waals surface area contributed by atoms with Gasteiger partial charge in [0.2, 0.25) is 0 Å². The number of fused-ring (bicyclic) bond motifs is 5. The fourth-order valence-corrected chi connectivity index (χ4v) is 8.69. The zero-order valence-electron chi connectivity index (χ0n) is 23.2. The zero-order valence-corrected chi connectivity index (χ0v) is 23.2. The summed E-state index contributed by atoms with van der Waals surface area (Å²) in [6, 6.07) is 0. The van der Waals surface area contributed by atoms with E-state index in [2.05, 4.69) is 0 Å². The molecule has 0 spiro atoms. The van der Waals surface area contributed by atoms with Gasteiger partial charge in [0.05, 0.1) is 23.4 Å². The topological polar surface area (TPSA) is 145 Å². The second-order valence-electron chi connectivity index (χ2n) is 13.8. The third-order valence-corrected chi connectivity index (χ3v) is 10.8. The lowest BCUT2D eigenvalue weighted by molar-refractivity contribution is -0.192. The minimum atomic E-state index is -1.47. The molecule has 6 unspecified atom stereocenters. The van der Waals surface area contributed by atoms with Crippen molar-refractivity contribution in [3.63, 3.8) is 0 Å². The van der Waals surface area contributed by atoms with Crippen LogP contribution in [0.2, 0.25) is 0 Å². The quantitative estimate of drug-likeness (QED) is 0.335. The van der Waals surface area contributed by atoms with E-state index in [0.717, 1.165) is 0 Å². The number of ether oxygens (including phenoxy) is 1. The molecule has 37 heavy (non-hydrogen) atoms. The minimum Gasteiger partial charge on any atom is -0.459 e. The molecule has 3 saturated carbocycles. The highest BCUT2D eigenvalue weighted by molar-refractivity contribution is 5.95. The van der Waals surface area contributed by atoms with Gasteiger partial charge in [-0.05, 0) is 101 Å². The summed E-state index contributed by atoms with van der Waals surface area (Å²) in [6.45, 7) is 10.3. The van der Waals surface area contributed by atoms with Gasteiger partial charge in [0, 0.05) is 18.3 Å². The van der Waals surface area contributed by atoms with Gasteiger partial charge in [-0.15, -0.1) is 0 Å². The average molecular weight is 523 g/mol. The van der Waals surface area contributed by atoms with Gasteiger partial charge < -0.3 is 30.3 Å². The standard InChI is InChI=1S/C29H46O8/c1-16(30)37-24(9-10-25(2,3)34)28(6,35)23-8-12-29(36)18-13-20(31)19-14-21(32)22(33)15-26(19,4)17(18)7-11-27(23,29)5/h13,17,19,21-24,32-36H,7-12,14-15H2,1-6H3/t17?,19?,21?,22?,23?,24?,26-,27-,28-,29-/m1/s1. The number of ketones is 1. The van der Waals surface area contributed by atoms with E-state index >= 15 is 0 Å². The maximum absolute atomic E-state index is 13.4. The van der Waals surface area contributed by atoms with Crippen LogP contribution in [0.25, 0.3) is 0 Å². The third-order valence-electron chi connectivity index (χ3n) is 10.8. The molecule has 0 aliphatic heterocycles. The summed E-state index contributed by atoms with van der Waals surface area (Å²) in [4.78, 5) is 25.3. The Bertz CT molecular complexity index is 965. The van der Waals surface area contributed by atoms with Crippen LogP contribution in [-0.4, -0.2) is 72.4 Å². The number of aliphatic hydroxyl groups excluding tert-OH is 2. The fourth-order valence-electron chi connectivity index (χ4n) is 8.69. The molecule has 4 aliphatic rings. The van der Waals surface area contributed by atoms with E-state index in [9.17, 15) is 35.1 Å². The van der Waals surface area contributed by atoms with Gasteiger partial charge in [-0.1, -0.05) is 13.8 Å². The molecule has 0 bridgehead atoms. The maximum atomic E-state index is 13.4. The summed E-state index contributed by atoms with van der Waals surface area (Å²) in [6.07, 6.45) is 2.13. The average Bonchev–Trinajstić information content (AvgIpc) is 3.04. The lowest BCUT2D eigenvalue weighted by Gasteiger charge is -2.60. The van der Waals surface area contributed by atoms with Gasteiger partial charge in [-0.25, -0.2) is 0 Å². The van der Waals surface area contributed by atoms with Gasteiger partial charge in [-0.3, -0.25) is 9.59 Å². The molecule has 0 radical (unpaired) electrons. The van der Waals surface area contributed by atoms with Gasteiger partial charge in [0.25, 0.3) is 0 Å². The molecule has 0 aromatic carbocycles. The first kappa shape index (κ1) is 28.7. The van der Waals surface area contributed by atoms with E-state index < -0.39 is 63.8 Å². The molecular weight excluding hydrogens is 476 g/mol. The first-order valence-corrected chi connectivity index (χ1v) is 13.8. The molecule has 5 N–H and O–H groups in total. The van der Waals surface area contributed by atoms with Crippen LogP contribution in [0.4, 0.5) is 0 Å². The Morgan fingerprint density at radius 2 is 1.76 bits per heavy atom. The maximum Gasteiger partial charge on any atom is 0.303 e. The van der Waals surface area contributed by atoms with Crippen molar-refractivity contribution >= 4 is 11.8 Å². The van der Waals surface area contributed by atoms with Crippen molar-refractivity contribution < 1.29 is 39.9 Å². The first-order chi connectivity index (χ1) is 16.9. The predicted molar refractivity (Wildman–Crippen MR) is 136 cm³/mol. The van der Waals surface area contributed by atoms with Crippen molar-refractivity contribution in [1.29, 1.82) is 0 Å². The van der Waals surface area contributed by atoms with Crippen molar-refractivity contribution in [2.75, 3.05) is 0 Å². The number of hydrogen-bond donors (Lipinski definition) is 5. The van der Waals surface area contributed by atoms with Crippen LogP contribution in [0, 0.1) is 28.6 Å². The van der Waals surface area contributed by atoms with Crippen molar-refractivity contribution in [2.45, 2.75) is 128 Å². The minimum absolute atomic E-state index is 0.112. The lowest BCUT2D eigenvalue weighted by atomic mass is 9.45. The molecule has 0 amide bonds. The Kier molecular flexibility index (Phi) is 7.07. The van der Waals surface area contributed by atoms with E-state index in [1.807, 2.05) is 13.8 Å². The Morgan fingerprint density at radius 1 is 1.11 bits per heavy atom. The highest BCUT2D eigenvalue weighted by Crippen LogP contribution is 2.68. The highest BCUT2D eigenvalue weighted by Gasteiger charge is 2.69. The second kappa shape index (κ2) is 9.12. The molecule has 3 fully saturated rings. The molecule has 0 heterocycles. The van der Waals surface area contributed by atoms with Gasteiger partial charge >= 0.3 is 5.97 Å². The van der Waals surface area contributed by atoms with E-state index in [-0.39, 0.29) is 24.5 Å². The summed E-state index contributed by atoms with van der Waals surface area (Å²) >= 11 is 0. The molecule has 8 heteroatoms. The van der Waals surface area contributed by atoms with Crippen molar-refractivity contribution in [3.8, 4) is 0 Å². The predicted octanol–water partition coefficient (Wildman–Crippen LogP) is 2.42. The zero-order chi connectivity index (χ0) is 27.8. The van der Waals surface area contributed by atoms with Crippen LogP contribution in [0.15, 0.2) is 11.6 Å². The van der Waals surface area contributed by atoms with E-state index in [0.29, 0.717) is 44.1 Å². The summed E-state index contributed by atoms with van der Waals surface area (Å²) in [5, 5.41) is 55.4. The summed E-state index contributed by atoms with van der Waals surface area (Å²) in [5.41, 5.74) is -4.45. The molecule has 4 aliphatic carbocycles. The number of carbonyl (C=O) groups excluding carboxylic acids is 2. The number of carbonyl (C=O) groups is 2. The highest BCUT2D eigenvalue weighted by atomic mass is 16.6. The van der Waals surface area contributed by atoms with Crippen LogP contribution in [0.3, 0.4) is 0 Å². The lowest BCUT2D eigenvalue weighted by Crippen LogP contribution is -2.63. The van der Waals surface area contributed by atoms with E-state index in [4.69, 9.17) is 4.74 Å². The Morgan fingerprint density at radius 3 is 2.35 bits per heavy atom. The second-order valence-corrected chi connectivity index (χ2v) is 13.8. The number of hydrogen-bond acceptors (Lipinski definition) is 8. The Labute approximate surface area is 220 Å². The number of rotatable bonds is 6. The molecular formula is C29H46O8. The van der Waals surface area contributed by atoms with E-state index in [1.54, 1.807) is 26.8 Å². The normalized spacial score (nSPS) is 44.1. The van der Waals surface area contributed by atoms with Crippen LogP contribution < -0.4 is 0 Å². The Balaban J connectivity index is 1.69. The third kappa shape index (κ3) is 4.50. The van der Waals surface area contributed by atoms with Crippen LogP contribution in [0.5, 0.6) is 0 Å². The fraction of sp³-hybridized carbons (Fsp3) is 0.862.